The molecule has 0 saturated carbocycles. The van der Waals surface area contributed by atoms with Crippen molar-refractivity contribution in [3.63, 3.8) is 0 Å². The van der Waals surface area contributed by atoms with Crippen molar-refractivity contribution in [3.05, 3.63) is 18.6 Å². The topological polar surface area (TPSA) is 44.3 Å². The summed E-state index contributed by atoms with van der Waals surface area (Å²) in [4.78, 5) is 12.9. The van der Waals surface area contributed by atoms with E-state index in [4.69, 9.17) is 0 Å². The lowest BCUT2D eigenvalue weighted by atomic mass is 10.3. The first-order valence-corrected chi connectivity index (χ1v) is 5.75. The second-order valence-corrected chi connectivity index (χ2v) is 4.17. The number of anilines is 1. The first-order valence-electron chi connectivity index (χ1n) is 5.75. The molecule has 1 aromatic heterocycles. The summed E-state index contributed by atoms with van der Waals surface area (Å²) in [5, 5.41) is 3.30. The van der Waals surface area contributed by atoms with Gasteiger partial charge in [0.15, 0.2) is 0 Å². The molecule has 1 aliphatic heterocycles. The molecule has 0 spiro atoms. The molecule has 0 aliphatic carbocycles. The van der Waals surface area contributed by atoms with Gasteiger partial charge in [-0.25, -0.2) is 9.97 Å². The van der Waals surface area contributed by atoms with Crippen LogP contribution >= 0.6 is 0 Å². The Balaban J connectivity index is 1.65. The Morgan fingerprint density at radius 3 is 2.81 bits per heavy atom. The summed E-state index contributed by atoms with van der Waals surface area (Å²) < 4.78 is 0. The molecule has 2 heterocycles. The molecular weight excluding hydrogens is 202 g/mol. The highest BCUT2D eigenvalue weighted by molar-refractivity contribution is 5.31. The van der Waals surface area contributed by atoms with Crippen LogP contribution in [-0.4, -0.2) is 66.1 Å². The molecule has 1 aromatic rings. The summed E-state index contributed by atoms with van der Waals surface area (Å²) in [6.45, 7) is 6.71. The average Bonchev–Trinajstić information content (AvgIpc) is 2.33. The zero-order valence-electron chi connectivity index (χ0n) is 9.76. The number of nitrogens with zero attached hydrogens (tertiary/aromatic N) is 4. The Labute approximate surface area is 96.5 Å². The van der Waals surface area contributed by atoms with E-state index in [1.165, 1.54) is 26.2 Å². The van der Waals surface area contributed by atoms with Crippen molar-refractivity contribution in [2.45, 2.75) is 0 Å². The number of hydrogen-bond acceptors (Lipinski definition) is 5. The van der Waals surface area contributed by atoms with Crippen LogP contribution in [0.5, 0.6) is 0 Å². The largest absolute Gasteiger partial charge is 0.369 e. The van der Waals surface area contributed by atoms with Crippen LogP contribution in [0.25, 0.3) is 0 Å². The maximum Gasteiger partial charge on any atom is 0.129 e. The van der Waals surface area contributed by atoms with Crippen LogP contribution in [0.2, 0.25) is 0 Å². The fourth-order valence-corrected chi connectivity index (χ4v) is 1.81. The maximum atomic E-state index is 4.12. The summed E-state index contributed by atoms with van der Waals surface area (Å²) >= 11 is 0. The standard InChI is InChI=1S/C11H19N5/c1-15-6-8-16(9-7-15)5-4-13-11-2-3-12-10-14-11/h2-3,10H,4-9H2,1H3,(H,12,13,14). The van der Waals surface area contributed by atoms with Crippen molar-refractivity contribution in [3.8, 4) is 0 Å². The highest BCUT2D eigenvalue weighted by Gasteiger charge is 2.12. The molecule has 0 aromatic carbocycles. The third-order valence-corrected chi connectivity index (χ3v) is 2.91. The van der Waals surface area contributed by atoms with Gasteiger partial charge in [0.1, 0.15) is 12.1 Å². The molecule has 0 radical (unpaired) electrons. The Morgan fingerprint density at radius 1 is 1.31 bits per heavy atom. The molecule has 1 saturated heterocycles. The number of nitrogens with one attached hydrogen (secondary N) is 1. The van der Waals surface area contributed by atoms with E-state index in [1.807, 2.05) is 6.07 Å². The Bertz CT molecular complexity index is 295. The van der Waals surface area contributed by atoms with Gasteiger partial charge in [0.2, 0.25) is 0 Å². The number of likely N-dealkylation sites (N-methyl/N-ethyl adjacent to an activating group) is 1. The second-order valence-electron chi connectivity index (χ2n) is 4.17. The normalized spacial score (nSPS) is 18.6. The summed E-state index contributed by atoms with van der Waals surface area (Å²) in [5.74, 6) is 0.907. The predicted molar refractivity (Wildman–Crippen MR) is 64.5 cm³/mol. The van der Waals surface area contributed by atoms with E-state index in [0.717, 1.165) is 18.9 Å². The quantitative estimate of drug-likeness (QED) is 0.783. The lowest BCUT2D eigenvalue weighted by molar-refractivity contribution is 0.158. The minimum absolute atomic E-state index is 0.907. The lowest BCUT2D eigenvalue weighted by Gasteiger charge is -2.32. The first-order chi connectivity index (χ1) is 7.84. The molecule has 1 aliphatic rings. The summed E-state index contributed by atoms with van der Waals surface area (Å²) in [7, 11) is 2.18. The SMILES string of the molecule is CN1CCN(CCNc2ccncn2)CC1. The molecule has 16 heavy (non-hydrogen) atoms. The minimum atomic E-state index is 0.907. The Morgan fingerprint density at radius 2 is 2.12 bits per heavy atom. The maximum absolute atomic E-state index is 4.12. The highest BCUT2D eigenvalue weighted by Crippen LogP contribution is 2.00. The van der Waals surface area contributed by atoms with Crippen LogP contribution in [0.15, 0.2) is 18.6 Å². The van der Waals surface area contributed by atoms with Gasteiger partial charge < -0.3 is 10.2 Å². The first kappa shape index (κ1) is 11.3. The van der Waals surface area contributed by atoms with Gasteiger partial charge in [0.05, 0.1) is 0 Å². The van der Waals surface area contributed by atoms with Crippen LogP contribution in [0, 0.1) is 0 Å². The Kier molecular flexibility index (Phi) is 4.07. The minimum Gasteiger partial charge on any atom is -0.369 e. The second kappa shape index (κ2) is 5.77. The Hall–Kier alpha value is -1.20. The van der Waals surface area contributed by atoms with Crippen molar-refractivity contribution >= 4 is 5.82 Å². The zero-order valence-corrected chi connectivity index (χ0v) is 9.76. The van der Waals surface area contributed by atoms with Crippen LogP contribution < -0.4 is 5.32 Å². The van der Waals surface area contributed by atoms with Crippen molar-refractivity contribution in [2.24, 2.45) is 0 Å². The van der Waals surface area contributed by atoms with E-state index < -0.39 is 0 Å². The zero-order chi connectivity index (χ0) is 11.2. The molecule has 0 bridgehead atoms. The van der Waals surface area contributed by atoms with Crippen LogP contribution in [0.3, 0.4) is 0 Å². The summed E-state index contributed by atoms with van der Waals surface area (Å²) in [5.41, 5.74) is 0. The van der Waals surface area contributed by atoms with Gasteiger partial charge in [0.25, 0.3) is 0 Å². The third kappa shape index (κ3) is 3.43. The van der Waals surface area contributed by atoms with E-state index in [1.54, 1.807) is 12.5 Å². The fraction of sp³-hybridized carbons (Fsp3) is 0.636. The van der Waals surface area contributed by atoms with E-state index in [-0.39, 0.29) is 0 Å². The molecule has 5 nitrogen and oxygen atoms in total. The van der Waals surface area contributed by atoms with Crippen molar-refractivity contribution in [1.29, 1.82) is 0 Å². The van der Waals surface area contributed by atoms with E-state index in [2.05, 4.69) is 32.1 Å². The molecule has 2 rings (SSSR count). The third-order valence-electron chi connectivity index (χ3n) is 2.91. The smallest absolute Gasteiger partial charge is 0.129 e. The molecule has 1 fully saturated rings. The number of piperazine rings is 1. The lowest BCUT2D eigenvalue weighted by Crippen LogP contribution is -2.45. The van der Waals surface area contributed by atoms with Crippen LogP contribution in [0.1, 0.15) is 0 Å². The average molecular weight is 221 g/mol. The van der Waals surface area contributed by atoms with E-state index >= 15 is 0 Å². The van der Waals surface area contributed by atoms with Gasteiger partial charge >= 0.3 is 0 Å². The molecule has 0 atom stereocenters. The van der Waals surface area contributed by atoms with Gasteiger partial charge in [-0.05, 0) is 13.1 Å². The predicted octanol–water partition coefficient (Wildman–Crippen LogP) is 0.136. The highest BCUT2D eigenvalue weighted by atomic mass is 15.2. The number of rotatable bonds is 4. The molecule has 5 heteroatoms. The van der Waals surface area contributed by atoms with Gasteiger partial charge in [-0.2, -0.15) is 0 Å². The molecule has 0 unspecified atom stereocenters. The van der Waals surface area contributed by atoms with Crippen molar-refractivity contribution in [1.82, 2.24) is 19.8 Å². The monoisotopic (exact) mass is 221 g/mol. The van der Waals surface area contributed by atoms with Gasteiger partial charge in [-0.15, -0.1) is 0 Å². The van der Waals surface area contributed by atoms with Crippen LogP contribution in [0.4, 0.5) is 5.82 Å². The van der Waals surface area contributed by atoms with Gasteiger partial charge in [-0.3, -0.25) is 4.90 Å². The fourth-order valence-electron chi connectivity index (χ4n) is 1.81. The van der Waals surface area contributed by atoms with E-state index in [9.17, 15) is 0 Å². The molecule has 88 valence electrons. The summed E-state index contributed by atoms with van der Waals surface area (Å²) in [6.07, 6.45) is 3.32. The molecule has 1 N–H and O–H groups in total. The van der Waals surface area contributed by atoms with Gasteiger partial charge in [0, 0.05) is 45.5 Å². The van der Waals surface area contributed by atoms with Crippen LogP contribution in [-0.2, 0) is 0 Å². The molecule has 0 amide bonds. The van der Waals surface area contributed by atoms with Gasteiger partial charge in [-0.1, -0.05) is 0 Å². The van der Waals surface area contributed by atoms with E-state index in [0.29, 0.717) is 0 Å². The molecular formula is C11H19N5. The number of hydrogen-bond donors (Lipinski definition) is 1. The number of aromatic nitrogens is 2. The van der Waals surface area contributed by atoms with Crippen molar-refractivity contribution < 1.29 is 0 Å². The summed E-state index contributed by atoms with van der Waals surface area (Å²) in [6, 6.07) is 1.89. The van der Waals surface area contributed by atoms with Crippen molar-refractivity contribution in [2.75, 3.05) is 51.6 Å².